The molecule has 162 valence electrons. The van der Waals surface area contributed by atoms with E-state index in [1.165, 1.54) is 0 Å². The molecule has 1 fully saturated rings. The number of carbonyl (C=O) groups excluding carboxylic acids is 1. The van der Waals surface area contributed by atoms with Crippen LogP contribution < -0.4 is 4.90 Å². The molecule has 3 aromatic rings. The standard InChI is InChI=1S/C25H29N3O3/c1-19(2)24(29)28(17-20-9-5-3-6-10-20)18-22-23(21-11-7-4-8-12-21)26-31-25(22)27-13-15-30-16-14-27/h3-12,19H,13-18H2,1-2H3. The van der Waals surface area contributed by atoms with Crippen molar-refractivity contribution in [3.05, 3.63) is 71.8 Å². The first kappa shape index (κ1) is 21.1. The first-order chi connectivity index (χ1) is 15.1. The Hall–Kier alpha value is -3.12. The van der Waals surface area contributed by atoms with Gasteiger partial charge in [0.2, 0.25) is 11.8 Å². The van der Waals surface area contributed by atoms with Gasteiger partial charge in [-0.05, 0) is 5.56 Å². The summed E-state index contributed by atoms with van der Waals surface area (Å²) in [5, 5.41) is 4.43. The highest BCUT2D eigenvalue weighted by atomic mass is 16.5. The molecule has 31 heavy (non-hydrogen) atoms. The average Bonchev–Trinajstić information content (AvgIpc) is 3.23. The van der Waals surface area contributed by atoms with Gasteiger partial charge in [0.25, 0.3) is 0 Å². The van der Waals surface area contributed by atoms with Crippen molar-refractivity contribution in [3.8, 4) is 11.3 Å². The molecule has 2 heterocycles. The molecule has 0 spiro atoms. The largest absolute Gasteiger partial charge is 0.378 e. The van der Waals surface area contributed by atoms with Gasteiger partial charge in [-0.2, -0.15) is 0 Å². The Labute approximate surface area is 183 Å². The topological polar surface area (TPSA) is 58.8 Å². The van der Waals surface area contributed by atoms with Crippen molar-refractivity contribution in [3.63, 3.8) is 0 Å². The van der Waals surface area contributed by atoms with Crippen molar-refractivity contribution >= 4 is 11.8 Å². The Morgan fingerprint density at radius 3 is 2.29 bits per heavy atom. The van der Waals surface area contributed by atoms with E-state index in [1.807, 2.05) is 67.3 Å². The highest BCUT2D eigenvalue weighted by Gasteiger charge is 2.28. The summed E-state index contributed by atoms with van der Waals surface area (Å²) in [6.45, 7) is 7.65. The van der Waals surface area contributed by atoms with Gasteiger partial charge in [0, 0.05) is 31.1 Å². The van der Waals surface area contributed by atoms with E-state index in [2.05, 4.69) is 22.2 Å². The molecule has 0 radical (unpaired) electrons. The lowest BCUT2D eigenvalue weighted by molar-refractivity contribution is -0.135. The maximum absolute atomic E-state index is 13.2. The fourth-order valence-corrected chi connectivity index (χ4v) is 3.85. The van der Waals surface area contributed by atoms with Crippen LogP contribution in [-0.4, -0.2) is 42.3 Å². The van der Waals surface area contributed by atoms with E-state index in [9.17, 15) is 4.79 Å². The molecule has 0 aliphatic carbocycles. The van der Waals surface area contributed by atoms with Crippen LogP contribution in [0.4, 0.5) is 5.88 Å². The van der Waals surface area contributed by atoms with Crippen molar-refractivity contribution in [2.24, 2.45) is 5.92 Å². The van der Waals surface area contributed by atoms with Gasteiger partial charge in [-0.3, -0.25) is 4.79 Å². The molecule has 1 aliphatic heterocycles. The molecule has 0 unspecified atom stereocenters. The molecule has 4 rings (SSSR count). The van der Waals surface area contributed by atoms with Gasteiger partial charge in [-0.25, -0.2) is 0 Å². The molecule has 0 atom stereocenters. The van der Waals surface area contributed by atoms with Crippen LogP contribution in [0.1, 0.15) is 25.0 Å². The summed E-state index contributed by atoms with van der Waals surface area (Å²) in [4.78, 5) is 17.2. The second-order valence-corrected chi connectivity index (χ2v) is 8.11. The first-order valence-corrected chi connectivity index (χ1v) is 10.8. The van der Waals surface area contributed by atoms with Crippen molar-refractivity contribution < 1.29 is 14.1 Å². The van der Waals surface area contributed by atoms with Crippen molar-refractivity contribution in [2.75, 3.05) is 31.2 Å². The molecule has 1 aromatic heterocycles. The lowest BCUT2D eigenvalue weighted by atomic mass is 10.0. The molecule has 0 saturated carbocycles. The molecule has 6 heteroatoms. The van der Waals surface area contributed by atoms with Crippen molar-refractivity contribution in [2.45, 2.75) is 26.9 Å². The number of aromatic nitrogens is 1. The minimum atomic E-state index is -0.101. The predicted molar refractivity (Wildman–Crippen MR) is 121 cm³/mol. The second-order valence-electron chi connectivity index (χ2n) is 8.11. The van der Waals surface area contributed by atoms with Crippen LogP contribution in [0.5, 0.6) is 0 Å². The molecular weight excluding hydrogens is 390 g/mol. The third-order valence-corrected chi connectivity index (χ3v) is 5.48. The van der Waals surface area contributed by atoms with Crippen molar-refractivity contribution in [1.29, 1.82) is 0 Å². The quantitative estimate of drug-likeness (QED) is 0.569. The number of benzene rings is 2. The normalized spacial score (nSPS) is 14.1. The highest BCUT2D eigenvalue weighted by Crippen LogP contribution is 2.33. The predicted octanol–water partition coefficient (Wildman–Crippen LogP) is 4.36. The van der Waals surface area contributed by atoms with E-state index in [4.69, 9.17) is 9.26 Å². The van der Waals surface area contributed by atoms with Gasteiger partial charge in [0.05, 0.1) is 25.3 Å². The molecule has 0 bridgehead atoms. The zero-order valence-electron chi connectivity index (χ0n) is 18.2. The van der Waals surface area contributed by atoms with Gasteiger partial charge in [0.1, 0.15) is 5.69 Å². The number of nitrogens with zero attached hydrogens (tertiary/aromatic N) is 3. The fourth-order valence-electron chi connectivity index (χ4n) is 3.85. The number of ether oxygens (including phenoxy) is 1. The molecule has 0 N–H and O–H groups in total. The minimum absolute atomic E-state index is 0.101. The van der Waals surface area contributed by atoms with Crippen molar-refractivity contribution in [1.82, 2.24) is 10.1 Å². The molecule has 1 amide bonds. The molecule has 1 aliphatic rings. The summed E-state index contributed by atoms with van der Waals surface area (Å²) in [7, 11) is 0. The average molecular weight is 420 g/mol. The summed E-state index contributed by atoms with van der Waals surface area (Å²) in [6.07, 6.45) is 0. The number of rotatable bonds is 7. The number of amides is 1. The van der Waals surface area contributed by atoms with E-state index in [1.54, 1.807) is 0 Å². The van der Waals surface area contributed by atoms with Crippen LogP contribution in [-0.2, 0) is 22.6 Å². The maximum Gasteiger partial charge on any atom is 0.233 e. The Balaban J connectivity index is 1.72. The Morgan fingerprint density at radius 1 is 1.00 bits per heavy atom. The number of hydrogen-bond acceptors (Lipinski definition) is 5. The Morgan fingerprint density at radius 2 is 1.65 bits per heavy atom. The number of carbonyl (C=O) groups is 1. The van der Waals surface area contributed by atoms with E-state index >= 15 is 0 Å². The maximum atomic E-state index is 13.2. The van der Waals surface area contributed by atoms with E-state index < -0.39 is 0 Å². The summed E-state index contributed by atoms with van der Waals surface area (Å²) < 4.78 is 11.4. The third kappa shape index (κ3) is 4.97. The summed E-state index contributed by atoms with van der Waals surface area (Å²) >= 11 is 0. The Kier molecular flexibility index (Phi) is 6.67. The van der Waals surface area contributed by atoms with Gasteiger partial charge in [-0.15, -0.1) is 0 Å². The molecule has 1 saturated heterocycles. The zero-order valence-corrected chi connectivity index (χ0v) is 18.2. The number of hydrogen-bond donors (Lipinski definition) is 0. The van der Waals surface area contributed by atoms with Crippen LogP contribution in [0.15, 0.2) is 65.2 Å². The summed E-state index contributed by atoms with van der Waals surface area (Å²) in [5.74, 6) is 0.740. The van der Waals surface area contributed by atoms with Crippen LogP contribution in [0.2, 0.25) is 0 Å². The van der Waals surface area contributed by atoms with Gasteiger partial charge in [-0.1, -0.05) is 79.7 Å². The van der Waals surface area contributed by atoms with Crippen LogP contribution in [0, 0.1) is 5.92 Å². The van der Waals surface area contributed by atoms with Gasteiger partial charge >= 0.3 is 0 Å². The summed E-state index contributed by atoms with van der Waals surface area (Å²) in [6, 6.07) is 20.1. The first-order valence-electron chi connectivity index (χ1n) is 10.8. The van der Waals surface area contributed by atoms with Gasteiger partial charge in [0.15, 0.2) is 0 Å². The fraction of sp³-hybridized carbons (Fsp3) is 0.360. The SMILES string of the molecule is CC(C)C(=O)N(Cc1ccccc1)Cc1c(-c2ccccc2)noc1N1CCOCC1. The number of morpholine rings is 1. The molecular formula is C25H29N3O3. The van der Waals surface area contributed by atoms with E-state index in [0.717, 1.165) is 41.4 Å². The second kappa shape index (κ2) is 9.79. The van der Waals surface area contributed by atoms with E-state index in [-0.39, 0.29) is 11.8 Å². The Bertz CT molecular complexity index is 980. The monoisotopic (exact) mass is 419 g/mol. The van der Waals surface area contributed by atoms with Crippen LogP contribution >= 0.6 is 0 Å². The summed E-state index contributed by atoms with van der Waals surface area (Å²) in [5.41, 5.74) is 3.81. The van der Waals surface area contributed by atoms with E-state index in [0.29, 0.717) is 26.3 Å². The minimum Gasteiger partial charge on any atom is -0.378 e. The number of anilines is 1. The molecule has 2 aromatic carbocycles. The zero-order chi connectivity index (χ0) is 21.6. The van der Waals surface area contributed by atoms with Crippen LogP contribution in [0.3, 0.4) is 0 Å². The van der Waals surface area contributed by atoms with Crippen LogP contribution in [0.25, 0.3) is 11.3 Å². The highest BCUT2D eigenvalue weighted by molar-refractivity contribution is 5.79. The molecule has 6 nitrogen and oxygen atoms in total. The van der Waals surface area contributed by atoms with Gasteiger partial charge < -0.3 is 19.1 Å². The third-order valence-electron chi connectivity index (χ3n) is 5.48. The lowest BCUT2D eigenvalue weighted by Gasteiger charge is -2.29. The smallest absolute Gasteiger partial charge is 0.233 e. The lowest BCUT2D eigenvalue weighted by Crippen LogP contribution is -2.38.